The highest BCUT2D eigenvalue weighted by Crippen LogP contribution is 2.33. The van der Waals surface area contributed by atoms with Gasteiger partial charge in [0.2, 0.25) is 0 Å². The molecule has 0 saturated carbocycles. The van der Waals surface area contributed by atoms with E-state index >= 15 is 0 Å². The summed E-state index contributed by atoms with van der Waals surface area (Å²) in [4.78, 5) is 23.9. The standard InChI is InChI=1S/C29H40O10/c1-17-10-9-13-25(33-17)38-28-19(3)35-27(15-24(28)37-21(5)31)39-29-18(2)34-26(14-23(29)36-20(4)30)32-16-22-11-7-6-8-12-22/h6-12,17-19,23-29H,13-16H2,1-5H3/t17-,18-,19-,23+,24+,25+,26-,27+,28-,29-/m1/s1. The molecule has 0 N–H and O–H groups in total. The Morgan fingerprint density at radius 3 is 1.95 bits per heavy atom. The van der Waals surface area contributed by atoms with Crippen LogP contribution in [0.1, 0.15) is 59.4 Å². The number of benzene rings is 1. The minimum absolute atomic E-state index is 0.0710. The lowest BCUT2D eigenvalue weighted by Crippen LogP contribution is -2.56. The quantitative estimate of drug-likeness (QED) is 0.334. The normalized spacial score (nSPS) is 36.7. The Morgan fingerprint density at radius 1 is 0.795 bits per heavy atom. The summed E-state index contributed by atoms with van der Waals surface area (Å²) in [6, 6.07) is 9.77. The van der Waals surface area contributed by atoms with Gasteiger partial charge in [-0.1, -0.05) is 42.5 Å². The van der Waals surface area contributed by atoms with Gasteiger partial charge in [0, 0.05) is 33.1 Å². The SMILES string of the molecule is CC(=O)O[C@H]1C[C@H](OCc2ccccc2)O[C@H](C)[C@H]1O[C@H]1C[C@H](OC(C)=O)[C@H](O[C@H]2CC=C[C@@H](C)O2)[C@@H](C)O1. The predicted molar refractivity (Wildman–Crippen MR) is 138 cm³/mol. The van der Waals surface area contributed by atoms with Crippen molar-refractivity contribution >= 4 is 11.9 Å². The van der Waals surface area contributed by atoms with Crippen molar-refractivity contribution in [1.82, 2.24) is 0 Å². The van der Waals surface area contributed by atoms with E-state index in [0.717, 1.165) is 5.56 Å². The molecular weight excluding hydrogens is 508 g/mol. The van der Waals surface area contributed by atoms with Crippen LogP contribution in [0.15, 0.2) is 42.5 Å². The molecule has 10 atom stereocenters. The molecule has 0 radical (unpaired) electrons. The largest absolute Gasteiger partial charge is 0.459 e. The smallest absolute Gasteiger partial charge is 0.302 e. The third-order valence-electron chi connectivity index (χ3n) is 6.87. The molecule has 3 heterocycles. The summed E-state index contributed by atoms with van der Waals surface area (Å²) in [7, 11) is 0. The van der Waals surface area contributed by atoms with Gasteiger partial charge in [0.1, 0.15) is 24.4 Å². The molecule has 0 spiro atoms. The molecule has 0 aromatic heterocycles. The Labute approximate surface area is 229 Å². The van der Waals surface area contributed by atoms with Crippen molar-refractivity contribution < 1.29 is 47.5 Å². The maximum Gasteiger partial charge on any atom is 0.302 e. The topological polar surface area (TPSA) is 108 Å². The maximum absolute atomic E-state index is 11.9. The first-order valence-corrected chi connectivity index (χ1v) is 13.6. The van der Waals surface area contributed by atoms with Crippen LogP contribution in [0.5, 0.6) is 0 Å². The highest BCUT2D eigenvalue weighted by atomic mass is 16.7. The molecule has 2 saturated heterocycles. The van der Waals surface area contributed by atoms with E-state index in [1.807, 2.05) is 63.3 Å². The number of rotatable bonds is 9. The van der Waals surface area contributed by atoms with E-state index in [1.54, 1.807) is 0 Å². The third kappa shape index (κ3) is 8.57. The van der Waals surface area contributed by atoms with Crippen molar-refractivity contribution in [2.45, 2.75) is 122 Å². The summed E-state index contributed by atoms with van der Waals surface area (Å²) < 4.78 is 47.9. The molecule has 0 amide bonds. The summed E-state index contributed by atoms with van der Waals surface area (Å²) in [5, 5.41) is 0. The minimum Gasteiger partial charge on any atom is -0.459 e. The first kappa shape index (κ1) is 29.6. The molecule has 10 heteroatoms. The zero-order chi connectivity index (χ0) is 27.9. The van der Waals surface area contributed by atoms with Gasteiger partial charge in [0.15, 0.2) is 18.9 Å². The second kappa shape index (κ2) is 13.8. The number of hydrogen-bond donors (Lipinski definition) is 0. The first-order valence-electron chi connectivity index (χ1n) is 13.6. The van der Waals surface area contributed by atoms with Crippen LogP contribution in [0.25, 0.3) is 0 Å². The lowest BCUT2D eigenvalue weighted by atomic mass is 9.99. The van der Waals surface area contributed by atoms with Crippen LogP contribution in [-0.2, 0) is 54.1 Å². The van der Waals surface area contributed by atoms with Crippen LogP contribution in [0.2, 0.25) is 0 Å². The van der Waals surface area contributed by atoms with Crippen molar-refractivity contribution in [3.63, 3.8) is 0 Å². The van der Waals surface area contributed by atoms with E-state index in [4.69, 9.17) is 37.9 Å². The average Bonchev–Trinajstić information content (AvgIpc) is 2.87. The second-order valence-electron chi connectivity index (χ2n) is 10.2. The van der Waals surface area contributed by atoms with Crippen molar-refractivity contribution in [3.8, 4) is 0 Å². The number of carbonyl (C=O) groups is 2. The third-order valence-corrected chi connectivity index (χ3v) is 6.87. The van der Waals surface area contributed by atoms with Gasteiger partial charge in [-0.05, 0) is 26.3 Å². The van der Waals surface area contributed by atoms with Crippen LogP contribution in [0, 0.1) is 0 Å². The Bertz CT molecular complexity index is 968. The number of esters is 2. The fourth-order valence-electron chi connectivity index (χ4n) is 5.17. The molecule has 216 valence electrons. The Kier molecular flexibility index (Phi) is 10.5. The molecule has 1 aromatic rings. The van der Waals surface area contributed by atoms with Crippen LogP contribution in [0.4, 0.5) is 0 Å². The van der Waals surface area contributed by atoms with Gasteiger partial charge >= 0.3 is 11.9 Å². The highest BCUT2D eigenvalue weighted by Gasteiger charge is 2.46. The first-order chi connectivity index (χ1) is 18.7. The highest BCUT2D eigenvalue weighted by molar-refractivity contribution is 5.66. The van der Waals surface area contributed by atoms with E-state index in [9.17, 15) is 9.59 Å². The van der Waals surface area contributed by atoms with Crippen molar-refractivity contribution in [2.24, 2.45) is 0 Å². The van der Waals surface area contributed by atoms with Gasteiger partial charge in [0.25, 0.3) is 0 Å². The number of ether oxygens (including phenoxy) is 8. The molecular formula is C29H40O10. The van der Waals surface area contributed by atoms with E-state index in [1.165, 1.54) is 13.8 Å². The second-order valence-corrected chi connectivity index (χ2v) is 10.2. The lowest BCUT2D eigenvalue weighted by Gasteiger charge is -2.45. The summed E-state index contributed by atoms with van der Waals surface area (Å²) in [6.45, 7) is 8.71. The summed E-state index contributed by atoms with van der Waals surface area (Å²) in [6.07, 6.45) is -0.0784. The molecule has 10 nitrogen and oxygen atoms in total. The minimum atomic E-state index is -0.744. The van der Waals surface area contributed by atoms with E-state index < -0.39 is 67.4 Å². The maximum atomic E-state index is 11.9. The van der Waals surface area contributed by atoms with E-state index in [-0.39, 0.29) is 12.5 Å². The van der Waals surface area contributed by atoms with Crippen molar-refractivity contribution in [1.29, 1.82) is 0 Å². The Morgan fingerprint density at radius 2 is 1.36 bits per heavy atom. The van der Waals surface area contributed by atoms with Crippen LogP contribution in [0.3, 0.4) is 0 Å². The lowest BCUT2D eigenvalue weighted by molar-refractivity contribution is -0.327. The Hall–Kier alpha value is -2.34. The van der Waals surface area contributed by atoms with Gasteiger partial charge < -0.3 is 37.9 Å². The molecule has 2 fully saturated rings. The molecule has 0 aliphatic carbocycles. The molecule has 39 heavy (non-hydrogen) atoms. The zero-order valence-corrected chi connectivity index (χ0v) is 23.2. The van der Waals surface area contributed by atoms with Crippen molar-refractivity contribution in [2.75, 3.05) is 0 Å². The number of hydrogen-bond acceptors (Lipinski definition) is 10. The Balaban J connectivity index is 1.40. The van der Waals surface area contributed by atoms with E-state index in [2.05, 4.69) is 0 Å². The van der Waals surface area contributed by atoms with Gasteiger partial charge in [-0.25, -0.2) is 0 Å². The van der Waals surface area contributed by atoms with Gasteiger partial charge in [-0.2, -0.15) is 0 Å². The van der Waals surface area contributed by atoms with Crippen LogP contribution >= 0.6 is 0 Å². The molecule has 3 aliphatic heterocycles. The summed E-state index contributed by atoms with van der Waals surface area (Å²) >= 11 is 0. The van der Waals surface area contributed by atoms with Gasteiger partial charge in [-0.15, -0.1) is 0 Å². The van der Waals surface area contributed by atoms with E-state index in [0.29, 0.717) is 19.4 Å². The molecule has 1 aromatic carbocycles. The zero-order valence-electron chi connectivity index (χ0n) is 23.2. The van der Waals surface area contributed by atoms with Gasteiger partial charge in [0.05, 0.1) is 24.9 Å². The number of carbonyl (C=O) groups excluding carboxylic acids is 2. The monoisotopic (exact) mass is 548 g/mol. The summed E-state index contributed by atoms with van der Waals surface area (Å²) in [5.74, 6) is -0.853. The van der Waals surface area contributed by atoms with Gasteiger partial charge in [-0.3, -0.25) is 9.59 Å². The fraction of sp³-hybridized carbons (Fsp3) is 0.655. The van der Waals surface area contributed by atoms with Crippen LogP contribution < -0.4 is 0 Å². The average molecular weight is 549 g/mol. The van der Waals surface area contributed by atoms with Crippen LogP contribution in [-0.4, -0.2) is 73.5 Å². The molecule has 4 rings (SSSR count). The van der Waals surface area contributed by atoms with Crippen molar-refractivity contribution in [3.05, 3.63) is 48.0 Å². The summed E-state index contributed by atoms with van der Waals surface area (Å²) in [5.41, 5.74) is 1.01. The molecule has 3 aliphatic rings. The molecule has 0 unspecified atom stereocenters. The molecule has 0 bridgehead atoms. The fourth-order valence-corrected chi connectivity index (χ4v) is 5.17. The predicted octanol–water partition coefficient (Wildman–Crippen LogP) is 3.80.